The highest BCUT2D eigenvalue weighted by molar-refractivity contribution is 7.59. The van der Waals surface area contributed by atoms with Gasteiger partial charge in [0, 0.05) is 0 Å². The summed E-state index contributed by atoms with van der Waals surface area (Å²) in [5.41, 5.74) is 4.56. The third kappa shape index (κ3) is 8.02. The zero-order valence-corrected chi connectivity index (χ0v) is 22.5. The Morgan fingerprint density at radius 3 is 1.53 bits per heavy atom. The van der Waals surface area contributed by atoms with E-state index in [9.17, 15) is 0 Å². The lowest BCUT2D eigenvalue weighted by Gasteiger charge is -2.39. The first-order valence-electron chi connectivity index (χ1n) is 14.3. The van der Waals surface area contributed by atoms with Crippen molar-refractivity contribution in [2.75, 3.05) is 12.3 Å². The first-order valence-corrected chi connectivity index (χ1v) is 17.7. The normalized spacial score (nSPS) is 24.9. The Balaban J connectivity index is 1.52. The maximum atomic E-state index is 2.50. The summed E-state index contributed by atoms with van der Waals surface area (Å²) in [7, 11) is 0.638. The number of rotatable bonds is 12. The van der Waals surface area contributed by atoms with Crippen LogP contribution in [0.3, 0.4) is 0 Å². The van der Waals surface area contributed by atoms with Crippen molar-refractivity contribution >= 4 is 15.8 Å². The molecule has 3 fully saturated rings. The van der Waals surface area contributed by atoms with E-state index in [-0.39, 0.29) is 0 Å². The van der Waals surface area contributed by atoms with Gasteiger partial charge in [0.2, 0.25) is 0 Å². The topological polar surface area (TPSA) is 0 Å². The number of hydrogen-bond donors (Lipinski definition) is 0. The summed E-state index contributed by atoms with van der Waals surface area (Å²) in [6, 6.07) is 0. The summed E-state index contributed by atoms with van der Waals surface area (Å²) in [5.74, 6) is 0. The third-order valence-corrected chi connectivity index (χ3v) is 16.4. The molecular formula is C28H54P2. The van der Waals surface area contributed by atoms with Gasteiger partial charge in [0.1, 0.15) is 0 Å². The summed E-state index contributed by atoms with van der Waals surface area (Å²) in [5, 5.41) is 0. The summed E-state index contributed by atoms with van der Waals surface area (Å²) in [6.07, 6.45) is 34.3. The molecule has 0 aromatic heterocycles. The smallest absolute Gasteiger partial charge is 0.0207 e. The average Bonchev–Trinajstić information content (AvgIpc) is 2.82. The molecule has 0 aromatic rings. The monoisotopic (exact) mass is 452 g/mol. The quantitative estimate of drug-likeness (QED) is 0.204. The van der Waals surface area contributed by atoms with E-state index in [0.29, 0.717) is 15.8 Å². The minimum absolute atomic E-state index is 0.299. The molecule has 0 amide bonds. The van der Waals surface area contributed by atoms with Crippen molar-refractivity contribution in [1.82, 2.24) is 0 Å². The van der Waals surface area contributed by atoms with E-state index in [4.69, 9.17) is 0 Å². The van der Waals surface area contributed by atoms with Crippen LogP contribution in [0.1, 0.15) is 142 Å². The van der Waals surface area contributed by atoms with Crippen LogP contribution < -0.4 is 0 Å². The van der Waals surface area contributed by atoms with Crippen LogP contribution >= 0.6 is 15.8 Å². The van der Waals surface area contributed by atoms with Crippen LogP contribution in [0.5, 0.6) is 0 Å². The van der Waals surface area contributed by atoms with E-state index >= 15 is 0 Å². The molecule has 0 heterocycles. The minimum Gasteiger partial charge on any atom is -0.100 e. The second-order valence-electron chi connectivity index (χ2n) is 10.9. The van der Waals surface area contributed by atoms with Crippen LogP contribution in [-0.2, 0) is 0 Å². The van der Waals surface area contributed by atoms with Crippen molar-refractivity contribution in [1.29, 1.82) is 0 Å². The van der Waals surface area contributed by atoms with Gasteiger partial charge < -0.3 is 0 Å². The molecule has 2 heteroatoms. The summed E-state index contributed by atoms with van der Waals surface area (Å²) >= 11 is 0. The first kappa shape index (κ1) is 25.5. The maximum Gasteiger partial charge on any atom is -0.0207 e. The highest BCUT2D eigenvalue weighted by atomic mass is 31.1. The molecule has 0 aromatic carbocycles. The zero-order chi connectivity index (χ0) is 21.0. The lowest BCUT2D eigenvalue weighted by molar-refractivity contribution is 0.483. The molecule has 0 spiro atoms. The first-order chi connectivity index (χ1) is 14.8. The highest BCUT2D eigenvalue weighted by Crippen LogP contribution is 2.57. The van der Waals surface area contributed by atoms with Crippen LogP contribution in [0.15, 0.2) is 0 Å². The lowest BCUT2D eigenvalue weighted by atomic mass is 9.99. The van der Waals surface area contributed by atoms with Crippen LogP contribution in [-0.4, -0.2) is 35.0 Å². The molecule has 0 nitrogen and oxygen atoms in total. The largest absolute Gasteiger partial charge is 0.100 e. The van der Waals surface area contributed by atoms with Gasteiger partial charge in [0.05, 0.1) is 0 Å². The van der Waals surface area contributed by atoms with Gasteiger partial charge >= 0.3 is 0 Å². The Kier molecular flexibility index (Phi) is 12.7. The fraction of sp³-hybridized carbons (Fsp3) is 1.00. The predicted molar refractivity (Wildman–Crippen MR) is 142 cm³/mol. The second-order valence-corrected chi connectivity index (χ2v) is 16.8. The Bertz CT molecular complexity index is 362. The molecule has 2 atom stereocenters. The fourth-order valence-corrected chi connectivity index (χ4v) is 15.1. The van der Waals surface area contributed by atoms with E-state index in [0.717, 1.165) is 11.3 Å². The Morgan fingerprint density at radius 2 is 1.07 bits per heavy atom. The van der Waals surface area contributed by atoms with E-state index < -0.39 is 0 Å². The third-order valence-electron chi connectivity index (χ3n) is 8.78. The number of hydrogen-bond acceptors (Lipinski definition) is 0. The van der Waals surface area contributed by atoms with Gasteiger partial charge in [-0.15, -0.1) is 15.8 Å². The number of unbranched alkanes of at least 4 members (excludes halogenated alkanes) is 1. The van der Waals surface area contributed by atoms with Gasteiger partial charge in [-0.1, -0.05) is 78.1 Å². The molecule has 3 saturated carbocycles. The minimum atomic E-state index is 0.299. The SMILES string of the molecule is CCCC(CC)P(CCCCP(C1CCCCC1)C1CCCCC1)C1CCCCC1. The molecule has 0 N–H and O–H groups in total. The van der Waals surface area contributed by atoms with Gasteiger partial charge in [0.15, 0.2) is 0 Å². The molecule has 30 heavy (non-hydrogen) atoms. The molecule has 0 radical (unpaired) electrons. The Labute approximate surface area is 193 Å². The molecule has 3 aliphatic rings. The Hall–Kier alpha value is 0.860. The second kappa shape index (κ2) is 14.9. The van der Waals surface area contributed by atoms with Crippen molar-refractivity contribution in [3.63, 3.8) is 0 Å². The van der Waals surface area contributed by atoms with Gasteiger partial charge in [-0.25, -0.2) is 0 Å². The van der Waals surface area contributed by atoms with Crippen LogP contribution in [0.2, 0.25) is 0 Å². The zero-order valence-electron chi connectivity index (χ0n) is 20.8. The molecule has 0 bridgehead atoms. The molecule has 176 valence electrons. The summed E-state index contributed by atoms with van der Waals surface area (Å²) < 4.78 is 0. The van der Waals surface area contributed by atoms with E-state index in [1.807, 2.05) is 0 Å². The molecule has 0 aliphatic heterocycles. The van der Waals surface area contributed by atoms with Gasteiger partial charge in [-0.2, -0.15) is 0 Å². The standard InChI is InChI=1S/C28H54P2/c1-3-16-25(4-2)29(26-17-8-5-9-18-26)23-14-15-24-30(27-19-10-6-11-20-27)28-21-12-7-13-22-28/h25-28H,3-24H2,1-2H3. The van der Waals surface area contributed by atoms with Gasteiger partial charge in [-0.3, -0.25) is 0 Å². The molecule has 3 aliphatic carbocycles. The summed E-state index contributed by atoms with van der Waals surface area (Å²) in [6.45, 7) is 4.93. The lowest BCUT2D eigenvalue weighted by Crippen LogP contribution is -2.22. The van der Waals surface area contributed by atoms with Crippen molar-refractivity contribution in [3.05, 3.63) is 0 Å². The van der Waals surface area contributed by atoms with Crippen LogP contribution in [0.4, 0.5) is 0 Å². The van der Waals surface area contributed by atoms with Crippen molar-refractivity contribution < 1.29 is 0 Å². The van der Waals surface area contributed by atoms with Crippen molar-refractivity contribution in [3.8, 4) is 0 Å². The van der Waals surface area contributed by atoms with Crippen LogP contribution in [0.25, 0.3) is 0 Å². The molecule has 0 saturated heterocycles. The average molecular weight is 453 g/mol. The Morgan fingerprint density at radius 1 is 0.600 bits per heavy atom. The van der Waals surface area contributed by atoms with E-state index in [1.54, 1.807) is 102 Å². The summed E-state index contributed by atoms with van der Waals surface area (Å²) in [4.78, 5) is 0. The fourth-order valence-electron chi connectivity index (χ4n) is 7.09. The van der Waals surface area contributed by atoms with Crippen LogP contribution in [0, 0.1) is 0 Å². The van der Waals surface area contributed by atoms with E-state index in [2.05, 4.69) is 13.8 Å². The predicted octanol–water partition coefficient (Wildman–Crippen LogP) is 10.3. The van der Waals surface area contributed by atoms with E-state index in [1.165, 1.54) is 49.8 Å². The van der Waals surface area contributed by atoms with Crippen molar-refractivity contribution in [2.45, 2.75) is 165 Å². The van der Waals surface area contributed by atoms with Crippen molar-refractivity contribution in [2.24, 2.45) is 0 Å². The van der Waals surface area contributed by atoms with Gasteiger partial charge in [0.25, 0.3) is 0 Å². The molecule has 2 unspecified atom stereocenters. The highest BCUT2D eigenvalue weighted by Gasteiger charge is 2.31. The molecule has 3 rings (SSSR count). The molecular weight excluding hydrogens is 398 g/mol. The maximum absolute atomic E-state index is 2.50. The van der Waals surface area contributed by atoms with Gasteiger partial charge in [-0.05, 0) is 99.2 Å².